The summed E-state index contributed by atoms with van der Waals surface area (Å²) in [5.41, 5.74) is 2.66. The molecule has 6 heteroatoms. The number of nitro groups is 1. The van der Waals surface area contributed by atoms with Crippen molar-refractivity contribution in [2.75, 3.05) is 11.9 Å². The lowest BCUT2D eigenvalue weighted by Crippen LogP contribution is -2.07. The van der Waals surface area contributed by atoms with Crippen molar-refractivity contribution in [3.05, 3.63) is 63.3 Å². The maximum Gasteiger partial charge on any atom is 0.290 e. The van der Waals surface area contributed by atoms with Crippen LogP contribution in [-0.2, 0) is 13.0 Å². The van der Waals surface area contributed by atoms with Gasteiger partial charge in [-0.1, -0.05) is 24.3 Å². The zero-order valence-corrected chi connectivity index (χ0v) is 11.7. The lowest BCUT2D eigenvalue weighted by Gasteiger charge is -2.07. The van der Waals surface area contributed by atoms with Gasteiger partial charge in [-0.25, -0.2) is 4.98 Å². The molecule has 0 saturated carbocycles. The minimum atomic E-state index is -0.436. The van der Waals surface area contributed by atoms with Crippen LogP contribution in [-0.4, -0.2) is 21.6 Å². The number of pyridine rings is 1. The largest absolute Gasteiger partial charge is 0.392 e. The van der Waals surface area contributed by atoms with Crippen LogP contribution >= 0.6 is 0 Å². The second-order valence-corrected chi connectivity index (χ2v) is 4.76. The van der Waals surface area contributed by atoms with Gasteiger partial charge in [0.2, 0.25) is 0 Å². The monoisotopic (exact) mass is 287 g/mol. The molecule has 0 aliphatic heterocycles. The highest BCUT2D eigenvalue weighted by atomic mass is 16.6. The number of aromatic nitrogens is 1. The summed E-state index contributed by atoms with van der Waals surface area (Å²) >= 11 is 0. The molecule has 1 aromatic heterocycles. The minimum Gasteiger partial charge on any atom is -0.392 e. The first-order chi connectivity index (χ1) is 10.1. The number of hydrogen-bond acceptors (Lipinski definition) is 5. The van der Waals surface area contributed by atoms with Crippen molar-refractivity contribution >= 4 is 11.5 Å². The SMILES string of the molecule is Cc1cc(NCCc2ccc(CO)cc2)ncc1[N+](=O)[O-]. The zero-order chi connectivity index (χ0) is 15.2. The van der Waals surface area contributed by atoms with Gasteiger partial charge in [0.15, 0.2) is 0 Å². The van der Waals surface area contributed by atoms with Crippen LogP contribution in [0.25, 0.3) is 0 Å². The molecule has 1 aromatic carbocycles. The van der Waals surface area contributed by atoms with E-state index in [4.69, 9.17) is 5.11 Å². The van der Waals surface area contributed by atoms with E-state index >= 15 is 0 Å². The van der Waals surface area contributed by atoms with E-state index in [9.17, 15) is 10.1 Å². The van der Waals surface area contributed by atoms with E-state index in [1.54, 1.807) is 13.0 Å². The van der Waals surface area contributed by atoms with E-state index in [1.165, 1.54) is 6.20 Å². The molecule has 0 spiro atoms. The summed E-state index contributed by atoms with van der Waals surface area (Å²) in [6.07, 6.45) is 2.08. The molecule has 1 heterocycles. The first-order valence-electron chi connectivity index (χ1n) is 6.63. The Kier molecular flexibility index (Phi) is 4.84. The topological polar surface area (TPSA) is 88.3 Å². The van der Waals surface area contributed by atoms with E-state index < -0.39 is 4.92 Å². The average molecular weight is 287 g/mol. The highest BCUT2D eigenvalue weighted by Crippen LogP contribution is 2.18. The van der Waals surface area contributed by atoms with E-state index in [1.807, 2.05) is 24.3 Å². The first kappa shape index (κ1) is 14.9. The highest BCUT2D eigenvalue weighted by molar-refractivity contribution is 5.46. The fraction of sp³-hybridized carbons (Fsp3) is 0.267. The Labute approximate surface area is 122 Å². The van der Waals surface area contributed by atoms with Crippen LogP contribution in [0, 0.1) is 17.0 Å². The number of aliphatic hydroxyl groups is 1. The van der Waals surface area contributed by atoms with Crippen LogP contribution in [0.5, 0.6) is 0 Å². The van der Waals surface area contributed by atoms with Gasteiger partial charge >= 0.3 is 0 Å². The smallest absolute Gasteiger partial charge is 0.290 e. The van der Waals surface area contributed by atoms with Gasteiger partial charge in [0.05, 0.1) is 11.5 Å². The second-order valence-electron chi connectivity index (χ2n) is 4.76. The standard InChI is InChI=1S/C15H17N3O3/c1-11-8-15(17-9-14(11)18(20)21)16-7-6-12-2-4-13(10-19)5-3-12/h2-5,8-9,19H,6-7,10H2,1H3,(H,16,17). The van der Waals surface area contributed by atoms with E-state index in [0.29, 0.717) is 17.9 Å². The van der Waals surface area contributed by atoms with Gasteiger partial charge in [-0.15, -0.1) is 0 Å². The van der Waals surface area contributed by atoms with Gasteiger partial charge in [0, 0.05) is 12.1 Å². The number of nitrogens with one attached hydrogen (secondary N) is 1. The quantitative estimate of drug-likeness (QED) is 0.629. The molecule has 0 radical (unpaired) electrons. The Hall–Kier alpha value is -2.47. The van der Waals surface area contributed by atoms with Gasteiger partial charge in [0.25, 0.3) is 5.69 Å². The Bertz CT molecular complexity index is 627. The third-order valence-electron chi connectivity index (χ3n) is 3.21. The molecule has 0 fully saturated rings. The summed E-state index contributed by atoms with van der Waals surface area (Å²) < 4.78 is 0. The summed E-state index contributed by atoms with van der Waals surface area (Å²) in [5, 5.41) is 22.8. The van der Waals surface area contributed by atoms with Gasteiger partial charge in [-0.05, 0) is 30.5 Å². The van der Waals surface area contributed by atoms with Gasteiger partial charge in [0.1, 0.15) is 12.0 Å². The fourth-order valence-electron chi connectivity index (χ4n) is 1.98. The van der Waals surface area contributed by atoms with Crippen molar-refractivity contribution in [2.45, 2.75) is 20.0 Å². The second kappa shape index (κ2) is 6.81. The number of rotatable bonds is 6. The van der Waals surface area contributed by atoms with Crippen LogP contribution in [0.3, 0.4) is 0 Å². The molecule has 21 heavy (non-hydrogen) atoms. The summed E-state index contributed by atoms with van der Waals surface area (Å²) in [5.74, 6) is 0.630. The van der Waals surface area contributed by atoms with Crippen molar-refractivity contribution < 1.29 is 10.0 Å². The van der Waals surface area contributed by atoms with Crippen molar-refractivity contribution in [3.63, 3.8) is 0 Å². The van der Waals surface area contributed by atoms with Crippen molar-refractivity contribution in [1.82, 2.24) is 4.98 Å². The van der Waals surface area contributed by atoms with Crippen molar-refractivity contribution in [3.8, 4) is 0 Å². The van der Waals surface area contributed by atoms with Crippen LogP contribution in [0.15, 0.2) is 36.5 Å². The lowest BCUT2D eigenvalue weighted by molar-refractivity contribution is -0.385. The Balaban J connectivity index is 1.91. The average Bonchev–Trinajstić information content (AvgIpc) is 2.47. The molecule has 0 aliphatic carbocycles. The molecular weight excluding hydrogens is 270 g/mol. The van der Waals surface area contributed by atoms with E-state index in [2.05, 4.69) is 10.3 Å². The zero-order valence-electron chi connectivity index (χ0n) is 11.7. The Morgan fingerprint density at radius 1 is 1.29 bits per heavy atom. The first-order valence-corrected chi connectivity index (χ1v) is 6.63. The van der Waals surface area contributed by atoms with Crippen LogP contribution < -0.4 is 5.32 Å². The Morgan fingerprint density at radius 3 is 2.52 bits per heavy atom. The van der Waals surface area contributed by atoms with Crippen LogP contribution in [0.1, 0.15) is 16.7 Å². The molecule has 2 aromatic rings. The molecule has 0 unspecified atom stereocenters. The number of benzene rings is 1. The van der Waals surface area contributed by atoms with Gasteiger partial charge in [-0.2, -0.15) is 0 Å². The van der Waals surface area contributed by atoms with E-state index in [0.717, 1.165) is 17.5 Å². The number of hydrogen-bond donors (Lipinski definition) is 2. The molecule has 0 saturated heterocycles. The molecule has 0 aliphatic rings. The molecular formula is C15H17N3O3. The minimum absolute atomic E-state index is 0.0279. The summed E-state index contributed by atoms with van der Waals surface area (Å²) in [7, 11) is 0. The normalized spacial score (nSPS) is 10.4. The maximum atomic E-state index is 10.7. The molecule has 0 amide bonds. The third kappa shape index (κ3) is 4.00. The predicted molar refractivity (Wildman–Crippen MR) is 80.2 cm³/mol. The van der Waals surface area contributed by atoms with Crippen molar-refractivity contribution in [2.24, 2.45) is 0 Å². The molecule has 2 rings (SSSR count). The molecule has 6 nitrogen and oxygen atoms in total. The highest BCUT2D eigenvalue weighted by Gasteiger charge is 2.10. The number of nitrogens with zero attached hydrogens (tertiary/aromatic N) is 2. The number of aliphatic hydroxyl groups excluding tert-OH is 1. The molecule has 0 bridgehead atoms. The summed E-state index contributed by atoms with van der Waals surface area (Å²) in [6, 6.07) is 9.41. The van der Waals surface area contributed by atoms with Gasteiger partial charge in [-0.3, -0.25) is 10.1 Å². The molecule has 110 valence electrons. The van der Waals surface area contributed by atoms with Gasteiger partial charge < -0.3 is 10.4 Å². The van der Waals surface area contributed by atoms with Crippen LogP contribution in [0.4, 0.5) is 11.5 Å². The number of anilines is 1. The number of aryl methyl sites for hydroxylation is 1. The van der Waals surface area contributed by atoms with Crippen molar-refractivity contribution in [1.29, 1.82) is 0 Å². The summed E-state index contributed by atoms with van der Waals surface area (Å²) in [6.45, 7) is 2.42. The van der Waals surface area contributed by atoms with E-state index in [-0.39, 0.29) is 12.3 Å². The fourth-order valence-corrected chi connectivity index (χ4v) is 1.98. The lowest BCUT2D eigenvalue weighted by atomic mass is 10.1. The summed E-state index contributed by atoms with van der Waals surface area (Å²) in [4.78, 5) is 14.3. The molecule has 2 N–H and O–H groups in total. The Morgan fingerprint density at radius 2 is 1.95 bits per heavy atom. The third-order valence-corrected chi connectivity index (χ3v) is 3.21. The van der Waals surface area contributed by atoms with Crippen LogP contribution in [0.2, 0.25) is 0 Å². The molecule has 0 atom stereocenters. The maximum absolute atomic E-state index is 10.7. The predicted octanol–water partition coefficient (Wildman–Crippen LogP) is 2.45.